The monoisotopic (exact) mass is 217 g/mol. The van der Waals surface area contributed by atoms with Crippen molar-refractivity contribution in [2.45, 2.75) is 25.9 Å². The van der Waals surface area contributed by atoms with Gasteiger partial charge in [-0.25, -0.2) is 0 Å². The van der Waals surface area contributed by atoms with Gasteiger partial charge in [0.25, 0.3) is 0 Å². The van der Waals surface area contributed by atoms with Crippen molar-refractivity contribution in [1.29, 1.82) is 0 Å². The molecule has 0 aliphatic rings. The van der Waals surface area contributed by atoms with Crippen LogP contribution in [0.25, 0.3) is 0 Å². The second-order valence-corrected chi connectivity index (χ2v) is 3.31. The van der Waals surface area contributed by atoms with Gasteiger partial charge in [0.15, 0.2) is 0 Å². The fourth-order valence-electron chi connectivity index (χ4n) is 1.16. The Hall–Kier alpha value is -1.07. The van der Waals surface area contributed by atoms with Crippen molar-refractivity contribution < 1.29 is 9.90 Å². The molecule has 78 valence electrons. The number of hydrogen-bond donors (Lipinski definition) is 2. The molecule has 1 heterocycles. The highest BCUT2D eigenvalue weighted by atomic mass is 35.5. The van der Waals surface area contributed by atoms with E-state index in [1.165, 1.54) is 6.20 Å². The summed E-state index contributed by atoms with van der Waals surface area (Å²) < 4.78 is 1.64. The number of carboxylic acids is 1. The average Bonchev–Trinajstić information content (AvgIpc) is 2.47. The number of aliphatic carboxylic acids is 1. The lowest BCUT2D eigenvalue weighted by Gasteiger charge is -2.08. The Morgan fingerprint density at radius 1 is 1.86 bits per heavy atom. The minimum Gasteiger partial charge on any atom is -0.480 e. The van der Waals surface area contributed by atoms with E-state index in [1.54, 1.807) is 4.68 Å². The van der Waals surface area contributed by atoms with E-state index in [9.17, 15) is 4.79 Å². The van der Waals surface area contributed by atoms with Crippen LogP contribution in [0.4, 0.5) is 0 Å². The Kier molecular flexibility index (Phi) is 3.49. The number of aromatic nitrogens is 2. The topological polar surface area (TPSA) is 81.1 Å². The molecule has 14 heavy (non-hydrogen) atoms. The molecule has 0 spiro atoms. The van der Waals surface area contributed by atoms with Gasteiger partial charge in [0.2, 0.25) is 0 Å². The molecule has 0 saturated carbocycles. The number of nitrogens with two attached hydrogens (primary N) is 1. The third-order valence-electron chi connectivity index (χ3n) is 1.93. The van der Waals surface area contributed by atoms with Crippen LogP contribution < -0.4 is 5.73 Å². The summed E-state index contributed by atoms with van der Waals surface area (Å²) in [5, 5.41) is 13.1. The molecule has 0 aliphatic heterocycles. The number of carbonyl (C=O) groups is 1. The van der Waals surface area contributed by atoms with Gasteiger partial charge < -0.3 is 10.8 Å². The Balaban J connectivity index is 2.84. The number of halogens is 1. The van der Waals surface area contributed by atoms with Gasteiger partial charge in [-0.05, 0) is 6.92 Å². The molecule has 1 aromatic heterocycles. The zero-order chi connectivity index (χ0) is 10.7. The standard InChI is InChI=1S/C8H12ClN3O2/c1-2-12-7(5(9)4-11-12)3-6(10)8(13)14/h4,6H,2-3,10H2,1H3,(H,13,14)/t6-/m0/s1. The van der Waals surface area contributed by atoms with Crippen LogP contribution >= 0.6 is 11.6 Å². The first-order valence-electron chi connectivity index (χ1n) is 4.24. The Morgan fingerprint density at radius 3 is 3.00 bits per heavy atom. The van der Waals surface area contributed by atoms with Gasteiger partial charge in [-0.1, -0.05) is 11.6 Å². The lowest BCUT2D eigenvalue weighted by atomic mass is 10.2. The largest absolute Gasteiger partial charge is 0.480 e. The van der Waals surface area contributed by atoms with Gasteiger partial charge in [-0.3, -0.25) is 9.48 Å². The predicted molar refractivity (Wildman–Crippen MR) is 52.2 cm³/mol. The zero-order valence-corrected chi connectivity index (χ0v) is 8.53. The molecule has 0 amide bonds. The molecule has 1 rings (SSSR count). The summed E-state index contributed by atoms with van der Waals surface area (Å²) in [4.78, 5) is 10.5. The molecule has 5 nitrogen and oxygen atoms in total. The molecule has 0 saturated heterocycles. The van der Waals surface area contributed by atoms with Crippen LogP contribution in [0.5, 0.6) is 0 Å². The number of rotatable bonds is 4. The van der Waals surface area contributed by atoms with Crippen LogP contribution in [-0.2, 0) is 17.8 Å². The summed E-state index contributed by atoms with van der Waals surface area (Å²) in [5.41, 5.74) is 6.07. The maximum Gasteiger partial charge on any atom is 0.320 e. The van der Waals surface area contributed by atoms with E-state index in [-0.39, 0.29) is 6.42 Å². The van der Waals surface area contributed by atoms with Crippen LogP contribution in [0, 0.1) is 0 Å². The minimum absolute atomic E-state index is 0.196. The molecular weight excluding hydrogens is 206 g/mol. The summed E-state index contributed by atoms with van der Waals surface area (Å²) in [6, 6.07) is -0.936. The first-order chi connectivity index (χ1) is 6.56. The molecule has 0 aliphatic carbocycles. The normalized spacial score (nSPS) is 12.8. The molecular formula is C8H12ClN3O2. The van der Waals surface area contributed by atoms with Gasteiger partial charge >= 0.3 is 5.97 Å². The van der Waals surface area contributed by atoms with Crippen LogP contribution in [0.15, 0.2) is 6.20 Å². The SMILES string of the molecule is CCn1ncc(Cl)c1C[C@H](N)C(=O)O. The molecule has 1 aromatic rings. The van der Waals surface area contributed by atoms with E-state index >= 15 is 0 Å². The zero-order valence-electron chi connectivity index (χ0n) is 7.77. The second-order valence-electron chi connectivity index (χ2n) is 2.90. The smallest absolute Gasteiger partial charge is 0.320 e. The Labute approximate surface area is 86.5 Å². The van der Waals surface area contributed by atoms with Gasteiger partial charge in [0.1, 0.15) is 6.04 Å². The lowest BCUT2D eigenvalue weighted by molar-refractivity contribution is -0.138. The molecule has 1 atom stereocenters. The fourth-order valence-corrected chi connectivity index (χ4v) is 1.38. The van der Waals surface area contributed by atoms with Crippen LogP contribution in [0.1, 0.15) is 12.6 Å². The summed E-state index contributed by atoms with van der Waals surface area (Å²) in [5.74, 6) is -1.04. The first-order valence-corrected chi connectivity index (χ1v) is 4.62. The molecule has 0 radical (unpaired) electrons. The highest BCUT2D eigenvalue weighted by Crippen LogP contribution is 2.16. The number of nitrogens with zero attached hydrogens (tertiary/aromatic N) is 2. The van der Waals surface area contributed by atoms with Crippen molar-refractivity contribution in [2.75, 3.05) is 0 Å². The van der Waals surface area contributed by atoms with E-state index in [4.69, 9.17) is 22.4 Å². The highest BCUT2D eigenvalue weighted by Gasteiger charge is 2.17. The van der Waals surface area contributed by atoms with Gasteiger partial charge in [-0.2, -0.15) is 5.10 Å². The van der Waals surface area contributed by atoms with Crippen molar-refractivity contribution >= 4 is 17.6 Å². The minimum atomic E-state index is -1.04. The molecule has 3 N–H and O–H groups in total. The van der Waals surface area contributed by atoms with Gasteiger partial charge in [0.05, 0.1) is 16.9 Å². The summed E-state index contributed by atoms with van der Waals surface area (Å²) in [6.07, 6.45) is 1.69. The van der Waals surface area contributed by atoms with Gasteiger partial charge in [-0.15, -0.1) is 0 Å². The summed E-state index contributed by atoms with van der Waals surface area (Å²) in [6.45, 7) is 2.55. The summed E-state index contributed by atoms with van der Waals surface area (Å²) >= 11 is 5.84. The number of hydrogen-bond acceptors (Lipinski definition) is 3. The van der Waals surface area contributed by atoms with Crippen LogP contribution in [0.3, 0.4) is 0 Å². The van der Waals surface area contributed by atoms with Crippen molar-refractivity contribution in [3.8, 4) is 0 Å². The molecule has 0 aromatic carbocycles. The quantitative estimate of drug-likeness (QED) is 0.770. The fraction of sp³-hybridized carbons (Fsp3) is 0.500. The maximum absolute atomic E-state index is 10.5. The highest BCUT2D eigenvalue weighted by molar-refractivity contribution is 6.31. The number of aryl methyl sites for hydroxylation is 1. The van der Waals surface area contributed by atoms with Crippen molar-refractivity contribution in [2.24, 2.45) is 5.73 Å². The Bertz CT molecular complexity index is 337. The molecule has 0 bridgehead atoms. The molecule has 0 fully saturated rings. The predicted octanol–water partition coefficient (Wildman–Crippen LogP) is 0.511. The van der Waals surface area contributed by atoms with E-state index < -0.39 is 12.0 Å². The van der Waals surface area contributed by atoms with Gasteiger partial charge in [0, 0.05) is 13.0 Å². The average molecular weight is 218 g/mol. The third kappa shape index (κ3) is 2.24. The third-order valence-corrected chi connectivity index (χ3v) is 2.24. The number of carboxylic acid groups (broad SMARTS) is 1. The lowest BCUT2D eigenvalue weighted by Crippen LogP contribution is -2.33. The van der Waals surface area contributed by atoms with Crippen LogP contribution in [-0.4, -0.2) is 26.9 Å². The van der Waals surface area contributed by atoms with E-state index in [1.807, 2.05) is 6.92 Å². The van der Waals surface area contributed by atoms with E-state index in [0.717, 1.165) is 0 Å². The second kappa shape index (κ2) is 4.43. The van der Waals surface area contributed by atoms with E-state index in [0.29, 0.717) is 17.3 Å². The van der Waals surface area contributed by atoms with Crippen molar-refractivity contribution in [3.63, 3.8) is 0 Å². The molecule has 0 unspecified atom stereocenters. The van der Waals surface area contributed by atoms with Crippen molar-refractivity contribution in [1.82, 2.24) is 9.78 Å². The summed E-state index contributed by atoms with van der Waals surface area (Å²) in [7, 11) is 0. The Morgan fingerprint density at radius 2 is 2.50 bits per heavy atom. The molecule has 6 heteroatoms. The first kappa shape index (κ1) is 11.0. The maximum atomic E-state index is 10.5. The van der Waals surface area contributed by atoms with Crippen LogP contribution in [0.2, 0.25) is 5.02 Å². The van der Waals surface area contributed by atoms with E-state index in [2.05, 4.69) is 5.10 Å². The van der Waals surface area contributed by atoms with Crippen molar-refractivity contribution in [3.05, 3.63) is 16.9 Å².